The van der Waals surface area contributed by atoms with Gasteiger partial charge < -0.3 is 5.32 Å². The molecular weight excluding hydrogens is 261 g/mol. The maximum atomic E-state index is 6.06. The smallest absolute Gasteiger partial charge is 0.0512 e. The third-order valence-electron chi connectivity index (χ3n) is 2.16. The summed E-state index contributed by atoms with van der Waals surface area (Å²) < 4.78 is 1.05. The van der Waals surface area contributed by atoms with Gasteiger partial charge in [0.05, 0.1) is 6.04 Å². The molecule has 0 saturated heterocycles. The Morgan fingerprint density at radius 2 is 2.21 bits per heavy atom. The van der Waals surface area contributed by atoms with E-state index in [4.69, 9.17) is 11.6 Å². The summed E-state index contributed by atoms with van der Waals surface area (Å²) in [6.07, 6.45) is 1.85. The number of hydrogen-bond acceptors (Lipinski definition) is 1. The van der Waals surface area contributed by atoms with Crippen LogP contribution in [0.1, 0.15) is 17.2 Å². The lowest BCUT2D eigenvalue weighted by Crippen LogP contribution is -2.14. The number of rotatable bonds is 3. The molecule has 1 nitrogen and oxygen atoms in total. The maximum Gasteiger partial charge on any atom is 0.0512 e. The van der Waals surface area contributed by atoms with E-state index in [1.807, 2.05) is 32.2 Å². The minimum absolute atomic E-state index is 0.127. The summed E-state index contributed by atoms with van der Waals surface area (Å²) >= 11 is 9.58. The van der Waals surface area contributed by atoms with Crippen molar-refractivity contribution in [2.24, 2.45) is 0 Å². The molecule has 0 spiro atoms. The van der Waals surface area contributed by atoms with Crippen molar-refractivity contribution in [3.8, 4) is 0 Å². The van der Waals surface area contributed by atoms with Crippen LogP contribution < -0.4 is 5.32 Å². The standard InChI is InChI=1S/C11H13BrClN/c1-4-11(14-3)8-6-10(13)7(2)5-9(8)12/h4-6,11,14H,1H2,2-3H3. The van der Waals surface area contributed by atoms with Crippen LogP contribution in [0.4, 0.5) is 0 Å². The molecule has 0 radical (unpaired) electrons. The number of aryl methyl sites for hydroxylation is 1. The molecular formula is C11H13BrClN. The molecule has 76 valence electrons. The van der Waals surface area contributed by atoms with E-state index in [-0.39, 0.29) is 6.04 Å². The van der Waals surface area contributed by atoms with Crippen LogP contribution in [0.25, 0.3) is 0 Å². The van der Waals surface area contributed by atoms with Crippen molar-refractivity contribution in [1.82, 2.24) is 5.32 Å². The predicted octanol–water partition coefficient (Wildman–Crippen LogP) is 3.86. The zero-order valence-electron chi connectivity index (χ0n) is 8.27. The average Bonchev–Trinajstić information content (AvgIpc) is 2.15. The van der Waals surface area contributed by atoms with Crippen molar-refractivity contribution in [3.63, 3.8) is 0 Å². The van der Waals surface area contributed by atoms with Crippen molar-refractivity contribution in [1.29, 1.82) is 0 Å². The molecule has 0 saturated carbocycles. The van der Waals surface area contributed by atoms with Crippen LogP contribution in [-0.2, 0) is 0 Å². The summed E-state index contributed by atoms with van der Waals surface area (Å²) in [5.41, 5.74) is 2.18. The first-order valence-corrected chi connectivity index (χ1v) is 5.52. The largest absolute Gasteiger partial charge is 0.310 e. The van der Waals surface area contributed by atoms with E-state index < -0.39 is 0 Å². The van der Waals surface area contributed by atoms with Crippen molar-refractivity contribution in [2.45, 2.75) is 13.0 Å². The molecule has 1 rings (SSSR count). The van der Waals surface area contributed by atoms with Gasteiger partial charge in [-0.2, -0.15) is 0 Å². The van der Waals surface area contributed by atoms with Crippen LogP contribution in [0.3, 0.4) is 0 Å². The van der Waals surface area contributed by atoms with Gasteiger partial charge in [-0.1, -0.05) is 33.6 Å². The fourth-order valence-corrected chi connectivity index (χ4v) is 2.18. The highest BCUT2D eigenvalue weighted by atomic mass is 79.9. The lowest BCUT2D eigenvalue weighted by atomic mass is 10.1. The van der Waals surface area contributed by atoms with Gasteiger partial charge in [0.25, 0.3) is 0 Å². The normalized spacial score (nSPS) is 12.6. The number of likely N-dealkylation sites (N-methyl/N-ethyl adjacent to an activating group) is 1. The minimum Gasteiger partial charge on any atom is -0.310 e. The molecule has 0 fully saturated rings. The number of hydrogen-bond donors (Lipinski definition) is 1. The van der Waals surface area contributed by atoms with Crippen LogP contribution in [0.2, 0.25) is 5.02 Å². The van der Waals surface area contributed by atoms with E-state index >= 15 is 0 Å². The van der Waals surface area contributed by atoms with Crippen LogP contribution in [-0.4, -0.2) is 7.05 Å². The second-order valence-corrected chi connectivity index (χ2v) is 4.39. The van der Waals surface area contributed by atoms with Gasteiger partial charge in [0.1, 0.15) is 0 Å². The number of benzene rings is 1. The van der Waals surface area contributed by atoms with E-state index in [2.05, 4.69) is 27.8 Å². The molecule has 1 unspecified atom stereocenters. The quantitative estimate of drug-likeness (QED) is 0.826. The topological polar surface area (TPSA) is 12.0 Å². The molecule has 0 aliphatic rings. The van der Waals surface area contributed by atoms with Crippen molar-refractivity contribution in [2.75, 3.05) is 7.05 Å². The summed E-state index contributed by atoms with van der Waals surface area (Å²) in [6, 6.07) is 4.11. The molecule has 14 heavy (non-hydrogen) atoms. The highest BCUT2D eigenvalue weighted by molar-refractivity contribution is 9.10. The van der Waals surface area contributed by atoms with E-state index in [1.165, 1.54) is 0 Å². The van der Waals surface area contributed by atoms with Gasteiger partial charge in [-0.15, -0.1) is 6.58 Å². The van der Waals surface area contributed by atoms with E-state index in [0.29, 0.717) is 0 Å². The molecule has 0 amide bonds. The van der Waals surface area contributed by atoms with Crippen molar-refractivity contribution in [3.05, 3.63) is 45.4 Å². The third-order valence-corrected chi connectivity index (χ3v) is 3.25. The summed E-state index contributed by atoms with van der Waals surface area (Å²) in [4.78, 5) is 0. The Morgan fingerprint density at radius 3 is 2.71 bits per heavy atom. The summed E-state index contributed by atoms with van der Waals surface area (Å²) in [5, 5.41) is 3.93. The highest BCUT2D eigenvalue weighted by Crippen LogP contribution is 2.29. The van der Waals surface area contributed by atoms with Crippen molar-refractivity contribution >= 4 is 27.5 Å². The first-order valence-electron chi connectivity index (χ1n) is 4.35. The summed E-state index contributed by atoms with van der Waals surface area (Å²) in [6.45, 7) is 5.76. The lowest BCUT2D eigenvalue weighted by Gasteiger charge is -2.15. The second kappa shape index (κ2) is 4.96. The molecule has 0 heterocycles. The Bertz CT molecular complexity index is 349. The van der Waals surface area contributed by atoms with Gasteiger partial charge in [0, 0.05) is 9.50 Å². The van der Waals surface area contributed by atoms with E-state index in [0.717, 1.165) is 20.6 Å². The van der Waals surface area contributed by atoms with Gasteiger partial charge in [-0.05, 0) is 37.2 Å². The second-order valence-electron chi connectivity index (χ2n) is 3.12. The number of nitrogens with one attached hydrogen (secondary N) is 1. The Kier molecular flexibility index (Phi) is 4.17. The summed E-state index contributed by atoms with van der Waals surface area (Å²) in [5.74, 6) is 0. The molecule has 1 N–H and O–H groups in total. The fraction of sp³-hybridized carbons (Fsp3) is 0.273. The van der Waals surface area contributed by atoms with Crippen LogP contribution in [0, 0.1) is 6.92 Å². The van der Waals surface area contributed by atoms with Gasteiger partial charge >= 0.3 is 0 Å². The summed E-state index contributed by atoms with van der Waals surface area (Å²) in [7, 11) is 1.90. The van der Waals surface area contributed by atoms with Gasteiger partial charge in [-0.25, -0.2) is 0 Å². The van der Waals surface area contributed by atoms with Crippen LogP contribution >= 0.6 is 27.5 Å². The van der Waals surface area contributed by atoms with E-state index in [1.54, 1.807) is 0 Å². The Balaban J connectivity index is 3.20. The Hall–Kier alpha value is -0.310. The third kappa shape index (κ3) is 2.38. The Morgan fingerprint density at radius 1 is 1.57 bits per heavy atom. The first kappa shape index (κ1) is 11.8. The fourth-order valence-electron chi connectivity index (χ4n) is 1.30. The molecule has 3 heteroatoms. The molecule has 0 aliphatic heterocycles. The van der Waals surface area contributed by atoms with Crippen LogP contribution in [0.5, 0.6) is 0 Å². The Labute approximate surface area is 98.3 Å². The maximum absolute atomic E-state index is 6.06. The monoisotopic (exact) mass is 273 g/mol. The molecule has 0 aliphatic carbocycles. The predicted molar refractivity (Wildman–Crippen MR) is 65.9 cm³/mol. The van der Waals surface area contributed by atoms with E-state index in [9.17, 15) is 0 Å². The lowest BCUT2D eigenvalue weighted by molar-refractivity contribution is 0.713. The zero-order valence-corrected chi connectivity index (χ0v) is 10.6. The number of halogens is 2. The molecule has 0 bridgehead atoms. The molecule has 1 atom stereocenters. The first-order chi connectivity index (χ1) is 6.60. The van der Waals surface area contributed by atoms with Gasteiger partial charge in [-0.3, -0.25) is 0 Å². The molecule has 1 aromatic carbocycles. The zero-order chi connectivity index (χ0) is 10.7. The highest BCUT2D eigenvalue weighted by Gasteiger charge is 2.10. The molecule has 0 aromatic heterocycles. The molecule has 1 aromatic rings. The SMILES string of the molecule is C=CC(NC)c1cc(Cl)c(C)cc1Br. The minimum atomic E-state index is 0.127. The van der Waals surface area contributed by atoms with Crippen LogP contribution in [0.15, 0.2) is 29.3 Å². The van der Waals surface area contributed by atoms with Crippen molar-refractivity contribution < 1.29 is 0 Å². The van der Waals surface area contributed by atoms with Gasteiger partial charge in [0.15, 0.2) is 0 Å². The van der Waals surface area contributed by atoms with Gasteiger partial charge in [0.2, 0.25) is 0 Å². The average molecular weight is 275 g/mol.